The number of rotatable bonds is 11. The van der Waals surface area contributed by atoms with Crippen LogP contribution in [-0.4, -0.2) is 42.5 Å². The van der Waals surface area contributed by atoms with Gasteiger partial charge in [0.05, 0.1) is 0 Å². The molecule has 5 heteroatoms. The lowest BCUT2D eigenvalue weighted by Crippen LogP contribution is -2.51. The quantitative estimate of drug-likeness (QED) is 0.585. The molecule has 0 fully saturated rings. The van der Waals surface area contributed by atoms with Crippen LogP contribution in [0, 0.1) is 19.8 Å². The number of ether oxygens (including phenoxy) is 1. The highest BCUT2D eigenvalue weighted by Crippen LogP contribution is 2.19. The number of carbonyl (C=O) groups is 2. The Morgan fingerprint density at radius 2 is 1.77 bits per heavy atom. The van der Waals surface area contributed by atoms with Gasteiger partial charge in [0.2, 0.25) is 5.91 Å². The molecule has 2 rings (SSSR count). The maximum Gasteiger partial charge on any atom is 0.261 e. The van der Waals surface area contributed by atoms with Crippen molar-refractivity contribution in [1.82, 2.24) is 10.2 Å². The smallest absolute Gasteiger partial charge is 0.261 e. The maximum absolute atomic E-state index is 13.2. The van der Waals surface area contributed by atoms with Gasteiger partial charge in [-0.2, -0.15) is 0 Å². The molecule has 0 aromatic heterocycles. The number of benzene rings is 2. The average Bonchev–Trinajstić information content (AvgIpc) is 2.74. The van der Waals surface area contributed by atoms with E-state index in [0.717, 1.165) is 16.7 Å². The van der Waals surface area contributed by atoms with Gasteiger partial charge < -0.3 is 15.0 Å². The van der Waals surface area contributed by atoms with Crippen molar-refractivity contribution in [2.24, 2.45) is 5.92 Å². The topological polar surface area (TPSA) is 58.6 Å². The lowest BCUT2D eigenvalue weighted by Gasteiger charge is -2.31. The van der Waals surface area contributed by atoms with Crippen LogP contribution < -0.4 is 10.1 Å². The summed E-state index contributed by atoms with van der Waals surface area (Å²) in [5.74, 6) is 0.758. The Hall–Kier alpha value is -2.82. The van der Waals surface area contributed by atoms with E-state index in [4.69, 9.17) is 4.74 Å². The lowest BCUT2D eigenvalue weighted by molar-refractivity contribution is -0.142. The van der Waals surface area contributed by atoms with Crippen LogP contribution in [-0.2, 0) is 16.0 Å². The Balaban J connectivity index is 2.13. The van der Waals surface area contributed by atoms with E-state index in [-0.39, 0.29) is 18.4 Å². The highest BCUT2D eigenvalue weighted by molar-refractivity contribution is 5.88. The summed E-state index contributed by atoms with van der Waals surface area (Å²) in [7, 11) is 0. The zero-order valence-electron chi connectivity index (χ0n) is 19.5. The van der Waals surface area contributed by atoms with E-state index in [2.05, 4.69) is 19.2 Å². The Bertz CT molecular complexity index is 849. The van der Waals surface area contributed by atoms with Gasteiger partial charge in [-0.15, -0.1) is 0 Å². The van der Waals surface area contributed by atoms with Crippen molar-refractivity contribution in [3.8, 4) is 5.75 Å². The van der Waals surface area contributed by atoms with Crippen LogP contribution in [0.5, 0.6) is 5.75 Å². The van der Waals surface area contributed by atoms with Crippen molar-refractivity contribution in [2.45, 2.75) is 53.5 Å². The minimum absolute atomic E-state index is 0.0906. The van der Waals surface area contributed by atoms with Crippen molar-refractivity contribution in [3.63, 3.8) is 0 Å². The summed E-state index contributed by atoms with van der Waals surface area (Å²) in [6, 6.07) is 15.4. The summed E-state index contributed by atoms with van der Waals surface area (Å²) in [5, 5.41) is 2.98. The van der Waals surface area contributed by atoms with E-state index in [1.807, 2.05) is 69.3 Å². The fraction of sp³-hybridized carbons (Fsp3) is 0.462. The second-order valence-electron chi connectivity index (χ2n) is 8.44. The van der Waals surface area contributed by atoms with Gasteiger partial charge in [-0.1, -0.05) is 68.8 Å². The Labute approximate surface area is 186 Å². The summed E-state index contributed by atoms with van der Waals surface area (Å²) in [6.07, 6.45) is 1.23. The van der Waals surface area contributed by atoms with Gasteiger partial charge in [-0.25, -0.2) is 0 Å². The summed E-state index contributed by atoms with van der Waals surface area (Å²) in [4.78, 5) is 27.7. The first-order valence-electron chi connectivity index (χ1n) is 11.1. The third-order valence-electron chi connectivity index (χ3n) is 5.24. The second-order valence-corrected chi connectivity index (χ2v) is 8.44. The fourth-order valence-electron chi connectivity index (χ4n) is 3.50. The predicted molar refractivity (Wildman–Crippen MR) is 125 cm³/mol. The molecule has 0 spiro atoms. The molecular formula is C26H36N2O3. The third kappa shape index (κ3) is 7.74. The Morgan fingerprint density at radius 3 is 2.39 bits per heavy atom. The number of carbonyl (C=O) groups excluding carboxylic acids is 2. The van der Waals surface area contributed by atoms with Crippen LogP contribution in [0.4, 0.5) is 0 Å². The van der Waals surface area contributed by atoms with E-state index in [1.165, 1.54) is 0 Å². The van der Waals surface area contributed by atoms with Gasteiger partial charge in [0.1, 0.15) is 11.8 Å². The molecule has 0 aliphatic carbocycles. The number of nitrogens with zero attached hydrogens (tertiary/aromatic N) is 1. The molecule has 0 aliphatic heterocycles. The first-order valence-corrected chi connectivity index (χ1v) is 11.1. The first kappa shape index (κ1) is 24.4. The number of hydrogen-bond donors (Lipinski definition) is 1. The highest BCUT2D eigenvalue weighted by atomic mass is 16.5. The molecule has 2 aromatic rings. The zero-order valence-corrected chi connectivity index (χ0v) is 19.5. The molecule has 0 saturated carbocycles. The van der Waals surface area contributed by atoms with E-state index < -0.39 is 6.04 Å². The summed E-state index contributed by atoms with van der Waals surface area (Å²) in [6.45, 7) is 11.0. The van der Waals surface area contributed by atoms with Crippen molar-refractivity contribution < 1.29 is 14.3 Å². The van der Waals surface area contributed by atoms with Crippen molar-refractivity contribution in [2.75, 3.05) is 19.7 Å². The average molecular weight is 425 g/mol. The van der Waals surface area contributed by atoms with Crippen molar-refractivity contribution in [1.29, 1.82) is 0 Å². The molecular weight excluding hydrogens is 388 g/mol. The van der Waals surface area contributed by atoms with Crippen LogP contribution in [0.25, 0.3) is 0 Å². The lowest BCUT2D eigenvalue weighted by atomic mass is 10.1. The first-order chi connectivity index (χ1) is 14.8. The van der Waals surface area contributed by atoms with E-state index in [9.17, 15) is 9.59 Å². The maximum atomic E-state index is 13.2. The molecule has 1 N–H and O–H groups in total. The standard InChI is InChI=1S/C26H36N2O3/c1-6-23(26(30)27-17-19(2)3)28(15-14-22-10-8-7-9-11-22)25(29)18-31-24-13-12-20(4)16-21(24)5/h7-13,16,19,23H,6,14-15,17-18H2,1-5H3,(H,27,30). The second kappa shape index (κ2) is 12.1. The molecule has 0 saturated heterocycles. The molecule has 2 aromatic carbocycles. The van der Waals surface area contributed by atoms with E-state index in [1.54, 1.807) is 4.90 Å². The van der Waals surface area contributed by atoms with Gasteiger partial charge in [0, 0.05) is 13.1 Å². The van der Waals surface area contributed by atoms with Gasteiger partial charge in [-0.05, 0) is 49.8 Å². The molecule has 1 atom stereocenters. The summed E-state index contributed by atoms with van der Waals surface area (Å²) < 4.78 is 5.84. The Kier molecular flexibility index (Phi) is 9.57. The van der Waals surface area contributed by atoms with Crippen LogP contribution in [0.15, 0.2) is 48.5 Å². The fourth-order valence-corrected chi connectivity index (χ4v) is 3.50. The Morgan fingerprint density at radius 1 is 1.06 bits per heavy atom. The van der Waals surface area contributed by atoms with Crippen LogP contribution in [0.3, 0.4) is 0 Å². The molecule has 5 nitrogen and oxygen atoms in total. The van der Waals surface area contributed by atoms with Gasteiger partial charge in [0.25, 0.3) is 5.91 Å². The monoisotopic (exact) mass is 424 g/mol. The molecule has 31 heavy (non-hydrogen) atoms. The number of aryl methyl sites for hydroxylation is 2. The minimum Gasteiger partial charge on any atom is -0.483 e. The summed E-state index contributed by atoms with van der Waals surface area (Å²) in [5.41, 5.74) is 3.27. The SMILES string of the molecule is CCC(C(=O)NCC(C)C)N(CCc1ccccc1)C(=O)COc1ccc(C)cc1C. The molecule has 0 aliphatic rings. The molecule has 0 bridgehead atoms. The number of hydrogen-bond acceptors (Lipinski definition) is 3. The molecule has 0 heterocycles. The number of nitrogens with one attached hydrogen (secondary N) is 1. The third-order valence-corrected chi connectivity index (χ3v) is 5.24. The van der Waals surface area contributed by atoms with Gasteiger partial charge in [-0.3, -0.25) is 9.59 Å². The largest absolute Gasteiger partial charge is 0.483 e. The normalized spacial score (nSPS) is 11.8. The van der Waals surface area contributed by atoms with Crippen LogP contribution in [0.1, 0.15) is 43.9 Å². The highest BCUT2D eigenvalue weighted by Gasteiger charge is 2.28. The van der Waals surface area contributed by atoms with Crippen molar-refractivity contribution in [3.05, 3.63) is 65.2 Å². The van der Waals surface area contributed by atoms with Gasteiger partial charge in [0.15, 0.2) is 6.61 Å². The van der Waals surface area contributed by atoms with E-state index in [0.29, 0.717) is 37.6 Å². The van der Waals surface area contributed by atoms with Crippen LogP contribution >= 0.6 is 0 Å². The summed E-state index contributed by atoms with van der Waals surface area (Å²) >= 11 is 0. The van der Waals surface area contributed by atoms with Crippen molar-refractivity contribution >= 4 is 11.8 Å². The van der Waals surface area contributed by atoms with Gasteiger partial charge >= 0.3 is 0 Å². The molecule has 1 unspecified atom stereocenters. The van der Waals surface area contributed by atoms with Crippen LogP contribution in [0.2, 0.25) is 0 Å². The minimum atomic E-state index is -0.516. The molecule has 168 valence electrons. The molecule has 0 radical (unpaired) electrons. The number of amides is 2. The molecule has 2 amide bonds. The predicted octanol–water partition coefficient (Wildman–Crippen LogP) is 4.30. The zero-order chi connectivity index (χ0) is 22.8. The van der Waals surface area contributed by atoms with E-state index >= 15 is 0 Å².